The van der Waals surface area contributed by atoms with Gasteiger partial charge in [-0.05, 0) is 54.4 Å². The standard InChI is InChI=1S/C30H34N6O3/c1-21(2)20-32-29(37)25-18-24(34-30(38)33-23-8-6-7-22(17-23)19-31)11-12-26(25)35-13-15-36(16-14-35)27-9-4-5-10-28(27)39-3/h4-12,17-18,21H,13-16,20H2,1-3H3,(H,32,37)(H2,33,34,38). The molecule has 3 amide bonds. The monoisotopic (exact) mass is 526 g/mol. The fourth-order valence-electron chi connectivity index (χ4n) is 4.50. The Kier molecular flexibility index (Phi) is 8.90. The van der Waals surface area contributed by atoms with E-state index in [0.717, 1.165) is 43.3 Å². The van der Waals surface area contributed by atoms with Crippen LogP contribution in [0.1, 0.15) is 29.8 Å². The fourth-order valence-corrected chi connectivity index (χ4v) is 4.50. The number of piperazine rings is 1. The van der Waals surface area contributed by atoms with Crippen LogP contribution in [0.3, 0.4) is 0 Å². The van der Waals surface area contributed by atoms with Crippen LogP contribution in [-0.2, 0) is 0 Å². The quantitative estimate of drug-likeness (QED) is 0.384. The summed E-state index contributed by atoms with van der Waals surface area (Å²) in [7, 11) is 1.68. The Balaban J connectivity index is 1.51. The molecule has 3 N–H and O–H groups in total. The van der Waals surface area contributed by atoms with Crippen molar-refractivity contribution < 1.29 is 14.3 Å². The number of hydrogen-bond donors (Lipinski definition) is 3. The maximum Gasteiger partial charge on any atom is 0.323 e. The first-order valence-corrected chi connectivity index (χ1v) is 13.0. The van der Waals surface area contributed by atoms with Crippen molar-refractivity contribution in [3.8, 4) is 11.8 Å². The van der Waals surface area contributed by atoms with Gasteiger partial charge in [0, 0.05) is 49.8 Å². The van der Waals surface area contributed by atoms with Gasteiger partial charge in [-0.15, -0.1) is 0 Å². The van der Waals surface area contributed by atoms with Crippen LogP contribution in [0.15, 0.2) is 66.7 Å². The van der Waals surface area contributed by atoms with Gasteiger partial charge in [0.1, 0.15) is 5.75 Å². The Bertz CT molecular complexity index is 1360. The zero-order valence-electron chi connectivity index (χ0n) is 22.5. The van der Waals surface area contributed by atoms with E-state index in [9.17, 15) is 9.59 Å². The van der Waals surface area contributed by atoms with Gasteiger partial charge in [0.2, 0.25) is 0 Å². The molecule has 9 nitrogen and oxygen atoms in total. The van der Waals surface area contributed by atoms with Crippen molar-refractivity contribution in [2.75, 3.05) is 60.3 Å². The summed E-state index contributed by atoms with van der Waals surface area (Å²) in [5, 5.41) is 17.6. The van der Waals surface area contributed by atoms with Gasteiger partial charge in [0.15, 0.2) is 0 Å². The first kappa shape index (κ1) is 27.3. The van der Waals surface area contributed by atoms with Crippen LogP contribution < -0.4 is 30.5 Å². The molecular weight excluding hydrogens is 492 g/mol. The topological polar surface area (TPSA) is 110 Å². The summed E-state index contributed by atoms with van der Waals surface area (Å²) in [6, 6.07) is 21.6. The number of para-hydroxylation sites is 2. The SMILES string of the molecule is COc1ccccc1N1CCN(c2ccc(NC(=O)Nc3cccc(C#N)c3)cc2C(=O)NCC(C)C)CC1. The molecule has 1 saturated heterocycles. The predicted molar refractivity (Wildman–Crippen MR) is 155 cm³/mol. The average Bonchev–Trinajstić information content (AvgIpc) is 2.96. The van der Waals surface area contributed by atoms with Gasteiger partial charge in [-0.25, -0.2) is 4.79 Å². The number of methoxy groups -OCH3 is 1. The lowest BCUT2D eigenvalue weighted by Gasteiger charge is -2.38. The van der Waals surface area contributed by atoms with Gasteiger partial charge in [-0.2, -0.15) is 5.26 Å². The highest BCUT2D eigenvalue weighted by atomic mass is 16.5. The van der Waals surface area contributed by atoms with E-state index < -0.39 is 6.03 Å². The number of rotatable bonds is 8. The number of urea groups is 1. The van der Waals surface area contributed by atoms with Crippen LogP contribution >= 0.6 is 0 Å². The molecule has 0 atom stereocenters. The molecule has 1 aliphatic rings. The maximum atomic E-state index is 13.3. The molecule has 1 aliphatic heterocycles. The zero-order chi connectivity index (χ0) is 27.8. The van der Waals surface area contributed by atoms with Crippen molar-refractivity contribution in [3.63, 3.8) is 0 Å². The second-order valence-electron chi connectivity index (χ2n) is 9.75. The van der Waals surface area contributed by atoms with Gasteiger partial charge in [0.25, 0.3) is 5.91 Å². The van der Waals surface area contributed by atoms with Gasteiger partial charge in [-0.3, -0.25) is 4.79 Å². The molecule has 0 unspecified atom stereocenters. The van der Waals surface area contributed by atoms with Crippen molar-refractivity contribution in [2.24, 2.45) is 5.92 Å². The number of carbonyl (C=O) groups excluding carboxylic acids is 2. The van der Waals surface area contributed by atoms with Crippen LogP contribution in [0.25, 0.3) is 0 Å². The van der Waals surface area contributed by atoms with Crippen LogP contribution in [0.4, 0.5) is 27.5 Å². The Labute approximate surface area is 229 Å². The van der Waals surface area contributed by atoms with Crippen LogP contribution in [0.5, 0.6) is 5.75 Å². The highest BCUT2D eigenvalue weighted by Crippen LogP contribution is 2.31. The first-order valence-electron chi connectivity index (χ1n) is 13.0. The van der Waals surface area contributed by atoms with Crippen molar-refractivity contribution >= 4 is 34.7 Å². The largest absolute Gasteiger partial charge is 0.495 e. The smallest absolute Gasteiger partial charge is 0.323 e. The summed E-state index contributed by atoms with van der Waals surface area (Å²) in [6.07, 6.45) is 0. The number of ether oxygens (including phenoxy) is 1. The molecule has 3 aromatic rings. The Morgan fingerprint density at radius 1 is 0.897 bits per heavy atom. The third kappa shape index (κ3) is 6.99. The number of nitrogens with one attached hydrogen (secondary N) is 3. The number of nitrogens with zero attached hydrogens (tertiary/aromatic N) is 3. The van der Waals surface area contributed by atoms with E-state index in [1.807, 2.05) is 38.1 Å². The third-order valence-corrected chi connectivity index (χ3v) is 6.47. The molecule has 3 aromatic carbocycles. The van der Waals surface area contributed by atoms with E-state index in [1.54, 1.807) is 43.5 Å². The summed E-state index contributed by atoms with van der Waals surface area (Å²) in [5.41, 5.74) is 3.84. The van der Waals surface area contributed by atoms with Crippen molar-refractivity contribution in [2.45, 2.75) is 13.8 Å². The highest BCUT2D eigenvalue weighted by molar-refractivity contribution is 6.04. The Hall–Kier alpha value is -4.71. The van der Waals surface area contributed by atoms with Gasteiger partial charge >= 0.3 is 6.03 Å². The van der Waals surface area contributed by atoms with Crippen molar-refractivity contribution in [3.05, 3.63) is 77.9 Å². The molecule has 0 aromatic heterocycles. The lowest BCUT2D eigenvalue weighted by molar-refractivity contribution is 0.0949. The second kappa shape index (κ2) is 12.7. The van der Waals surface area contributed by atoms with Crippen molar-refractivity contribution in [1.29, 1.82) is 5.26 Å². The van der Waals surface area contributed by atoms with Crippen molar-refractivity contribution in [1.82, 2.24) is 5.32 Å². The van der Waals surface area contributed by atoms with E-state index in [-0.39, 0.29) is 5.91 Å². The zero-order valence-corrected chi connectivity index (χ0v) is 22.5. The van der Waals surface area contributed by atoms with Gasteiger partial charge < -0.3 is 30.5 Å². The summed E-state index contributed by atoms with van der Waals surface area (Å²) < 4.78 is 5.54. The molecule has 0 saturated carbocycles. The summed E-state index contributed by atoms with van der Waals surface area (Å²) in [6.45, 7) is 7.64. The van der Waals surface area contributed by atoms with E-state index in [0.29, 0.717) is 35.0 Å². The number of carbonyl (C=O) groups is 2. The molecule has 202 valence electrons. The highest BCUT2D eigenvalue weighted by Gasteiger charge is 2.24. The predicted octanol–water partition coefficient (Wildman–Crippen LogP) is 4.92. The third-order valence-electron chi connectivity index (χ3n) is 6.47. The normalized spacial score (nSPS) is 13.0. The minimum atomic E-state index is -0.461. The summed E-state index contributed by atoms with van der Waals surface area (Å²) in [5.74, 6) is 0.961. The van der Waals surface area contributed by atoms with Gasteiger partial charge in [0.05, 0.1) is 30.0 Å². The second-order valence-corrected chi connectivity index (χ2v) is 9.75. The lowest BCUT2D eigenvalue weighted by atomic mass is 10.1. The van der Waals surface area contributed by atoms with Gasteiger partial charge in [-0.1, -0.05) is 32.0 Å². The fraction of sp³-hybridized carbons (Fsp3) is 0.300. The lowest BCUT2D eigenvalue weighted by Crippen LogP contribution is -2.47. The Morgan fingerprint density at radius 3 is 2.23 bits per heavy atom. The molecule has 1 fully saturated rings. The molecule has 0 bridgehead atoms. The molecular formula is C30H34N6O3. The van der Waals surface area contributed by atoms with Crippen LogP contribution in [0, 0.1) is 17.2 Å². The average molecular weight is 527 g/mol. The molecule has 39 heavy (non-hydrogen) atoms. The van der Waals surface area contributed by atoms with Crippen LogP contribution in [-0.4, -0.2) is 51.8 Å². The van der Waals surface area contributed by atoms with E-state index in [4.69, 9.17) is 10.00 Å². The molecule has 0 spiro atoms. The number of hydrogen-bond acceptors (Lipinski definition) is 6. The summed E-state index contributed by atoms with van der Waals surface area (Å²) >= 11 is 0. The molecule has 9 heteroatoms. The van der Waals surface area contributed by atoms with E-state index >= 15 is 0 Å². The number of amides is 3. The minimum absolute atomic E-state index is 0.184. The van der Waals surface area contributed by atoms with E-state index in [1.165, 1.54) is 0 Å². The molecule has 0 aliphatic carbocycles. The number of benzene rings is 3. The first-order chi connectivity index (χ1) is 18.9. The molecule has 4 rings (SSSR count). The maximum absolute atomic E-state index is 13.3. The number of nitriles is 1. The summed E-state index contributed by atoms with van der Waals surface area (Å²) in [4.78, 5) is 30.4. The number of anilines is 4. The molecule has 1 heterocycles. The van der Waals surface area contributed by atoms with E-state index in [2.05, 4.69) is 37.9 Å². The minimum Gasteiger partial charge on any atom is -0.495 e. The molecule has 0 radical (unpaired) electrons. The van der Waals surface area contributed by atoms with Crippen LogP contribution in [0.2, 0.25) is 0 Å². The Morgan fingerprint density at radius 2 is 1.56 bits per heavy atom.